The molecular weight excluding hydrogens is 392 g/mol. The fourth-order valence-corrected chi connectivity index (χ4v) is 3.40. The van der Waals surface area contributed by atoms with E-state index in [1.807, 2.05) is 0 Å². The molecule has 0 fully saturated rings. The molecular formula is C26H52O5. The van der Waals surface area contributed by atoms with E-state index in [1.165, 1.54) is 64.2 Å². The van der Waals surface area contributed by atoms with Crippen LogP contribution in [0.3, 0.4) is 0 Å². The van der Waals surface area contributed by atoms with Gasteiger partial charge >= 0.3 is 5.97 Å². The molecule has 0 saturated heterocycles. The van der Waals surface area contributed by atoms with Crippen molar-refractivity contribution in [1.82, 2.24) is 0 Å². The number of hydrogen-bond acceptors (Lipinski definition) is 5. The number of esters is 1. The van der Waals surface area contributed by atoms with Gasteiger partial charge in [0, 0.05) is 19.6 Å². The third kappa shape index (κ3) is 23.8. The van der Waals surface area contributed by atoms with Crippen molar-refractivity contribution in [3.8, 4) is 0 Å². The minimum atomic E-state index is -0.107. The third-order valence-corrected chi connectivity index (χ3v) is 5.57. The van der Waals surface area contributed by atoms with Gasteiger partial charge < -0.3 is 18.9 Å². The Kier molecular flexibility index (Phi) is 25.1. The van der Waals surface area contributed by atoms with Crippen LogP contribution >= 0.6 is 0 Å². The highest BCUT2D eigenvalue weighted by atomic mass is 16.5. The molecule has 1 atom stereocenters. The van der Waals surface area contributed by atoms with Gasteiger partial charge in [0.2, 0.25) is 0 Å². The molecule has 5 nitrogen and oxygen atoms in total. The van der Waals surface area contributed by atoms with E-state index in [4.69, 9.17) is 18.9 Å². The summed E-state index contributed by atoms with van der Waals surface area (Å²) in [6, 6.07) is 0. The summed E-state index contributed by atoms with van der Waals surface area (Å²) in [5.41, 5.74) is 0. The minimum Gasteiger partial charge on any atom is -0.466 e. The first-order valence-electron chi connectivity index (χ1n) is 13.1. The van der Waals surface area contributed by atoms with Crippen molar-refractivity contribution in [3.05, 3.63) is 0 Å². The molecule has 0 aromatic rings. The lowest BCUT2D eigenvalue weighted by molar-refractivity contribution is -0.144. The second kappa shape index (κ2) is 25.6. The highest BCUT2D eigenvalue weighted by Crippen LogP contribution is 2.12. The van der Waals surface area contributed by atoms with E-state index >= 15 is 0 Å². The average Bonchev–Trinajstić information content (AvgIpc) is 2.78. The van der Waals surface area contributed by atoms with Crippen molar-refractivity contribution < 1.29 is 23.7 Å². The predicted octanol–water partition coefficient (Wildman–Crippen LogP) is 6.72. The van der Waals surface area contributed by atoms with E-state index in [-0.39, 0.29) is 5.97 Å². The van der Waals surface area contributed by atoms with Crippen molar-refractivity contribution in [3.63, 3.8) is 0 Å². The van der Waals surface area contributed by atoms with Crippen LogP contribution in [0.4, 0.5) is 0 Å². The van der Waals surface area contributed by atoms with Crippen molar-refractivity contribution in [2.45, 2.75) is 111 Å². The molecule has 0 radical (unpaired) electrons. The van der Waals surface area contributed by atoms with Gasteiger partial charge in [-0.05, 0) is 25.2 Å². The van der Waals surface area contributed by atoms with Gasteiger partial charge in [-0.25, -0.2) is 0 Å². The Morgan fingerprint density at radius 2 is 1.19 bits per heavy atom. The first-order chi connectivity index (χ1) is 15.2. The van der Waals surface area contributed by atoms with Crippen molar-refractivity contribution in [2.24, 2.45) is 5.92 Å². The molecule has 0 rings (SSSR count). The molecule has 0 aromatic heterocycles. The Bertz CT molecular complexity index is 362. The topological polar surface area (TPSA) is 54.0 Å². The second-order valence-corrected chi connectivity index (χ2v) is 8.52. The van der Waals surface area contributed by atoms with Gasteiger partial charge in [-0.2, -0.15) is 0 Å². The highest BCUT2D eigenvalue weighted by molar-refractivity contribution is 5.69. The van der Waals surface area contributed by atoms with Gasteiger partial charge in [0.1, 0.15) is 0 Å². The number of carbonyl (C=O) groups excluding carboxylic acids is 1. The van der Waals surface area contributed by atoms with Crippen LogP contribution in [0.1, 0.15) is 111 Å². The molecule has 0 aliphatic heterocycles. The molecule has 0 aliphatic rings. The van der Waals surface area contributed by atoms with Gasteiger partial charge in [-0.3, -0.25) is 4.79 Å². The van der Waals surface area contributed by atoms with Crippen molar-refractivity contribution in [1.29, 1.82) is 0 Å². The molecule has 0 aliphatic carbocycles. The molecule has 0 N–H and O–H groups in total. The summed E-state index contributed by atoms with van der Waals surface area (Å²) < 4.78 is 22.0. The van der Waals surface area contributed by atoms with Crippen LogP contribution in [-0.2, 0) is 23.7 Å². The predicted molar refractivity (Wildman–Crippen MR) is 129 cm³/mol. The zero-order chi connectivity index (χ0) is 22.8. The maximum atomic E-state index is 11.7. The molecule has 1 unspecified atom stereocenters. The Labute approximate surface area is 192 Å². The van der Waals surface area contributed by atoms with Crippen LogP contribution in [0.5, 0.6) is 0 Å². The molecule has 5 heteroatoms. The summed E-state index contributed by atoms with van der Waals surface area (Å²) >= 11 is 0. The number of unbranched alkanes of at least 4 members (excludes halogenated alkanes) is 8. The quantitative estimate of drug-likeness (QED) is 0.116. The summed E-state index contributed by atoms with van der Waals surface area (Å²) in [5.74, 6) is 0.569. The molecule has 0 aromatic carbocycles. The molecule has 0 bridgehead atoms. The largest absolute Gasteiger partial charge is 0.466 e. The normalized spacial score (nSPS) is 12.2. The Balaban J connectivity index is 3.25. The van der Waals surface area contributed by atoms with Crippen LogP contribution in [0, 0.1) is 5.92 Å². The zero-order valence-electron chi connectivity index (χ0n) is 21.0. The van der Waals surface area contributed by atoms with Crippen molar-refractivity contribution >= 4 is 5.97 Å². The molecule has 31 heavy (non-hydrogen) atoms. The summed E-state index contributed by atoms with van der Waals surface area (Å²) in [5, 5.41) is 0. The Morgan fingerprint density at radius 1 is 0.613 bits per heavy atom. The van der Waals surface area contributed by atoms with E-state index in [1.54, 1.807) is 0 Å². The molecule has 0 spiro atoms. The van der Waals surface area contributed by atoms with Crippen LogP contribution in [-0.4, -0.2) is 52.2 Å². The lowest BCUT2D eigenvalue weighted by Gasteiger charge is -2.14. The van der Waals surface area contributed by atoms with E-state index < -0.39 is 0 Å². The van der Waals surface area contributed by atoms with Gasteiger partial charge in [0.05, 0.1) is 33.0 Å². The summed E-state index contributed by atoms with van der Waals surface area (Å²) in [4.78, 5) is 11.7. The van der Waals surface area contributed by atoms with Crippen LogP contribution in [0.15, 0.2) is 0 Å². The standard InChI is InChI=1S/C26H52O5/c1-4-7-9-10-11-12-13-14-19-31-26(27)17-15-18-28-20-21-29-22-23-30-24-25(6-3)16-8-5-2/h25H,4-24H2,1-3H3. The minimum absolute atomic E-state index is 0.107. The molecule has 0 heterocycles. The number of ether oxygens (including phenoxy) is 4. The fourth-order valence-electron chi connectivity index (χ4n) is 3.40. The smallest absolute Gasteiger partial charge is 0.305 e. The van der Waals surface area contributed by atoms with E-state index in [0.717, 1.165) is 19.4 Å². The summed E-state index contributed by atoms with van der Waals surface area (Å²) in [7, 11) is 0. The molecule has 186 valence electrons. The van der Waals surface area contributed by atoms with Gasteiger partial charge in [0.25, 0.3) is 0 Å². The number of rotatable bonds is 25. The maximum absolute atomic E-state index is 11.7. The number of carbonyl (C=O) groups is 1. The fraction of sp³-hybridized carbons (Fsp3) is 0.962. The van der Waals surface area contributed by atoms with Crippen molar-refractivity contribution in [2.75, 3.05) is 46.2 Å². The zero-order valence-corrected chi connectivity index (χ0v) is 21.0. The van der Waals surface area contributed by atoms with E-state index in [9.17, 15) is 4.79 Å². The Hall–Kier alpha value is -0.650. The van der Waals surface area contributed by atoms with Crippen LogP contribution in [0.2, 0.25) is 0 Å². The van der Waals surface area contributed by atoms with Gasteiger partial charge in [-0.15, -0.1) is 0 Å². The summed E-state index contributed by atoms with van der Waals surface area (Å²) in [6.07, 6.45) is 16.1. The number of hydrogen-bond donors (Lipinski definition) is 0. The lowest BCUT2D eigenvalue weighted by Crippen LogP contribution is -2.14. The average molecular weight is 445 g/mol. The molecule has 0 amide bonds. The summed E-state index contributed by atoms with van der Waals surface area (Å²) in [6.45, 7) is 11.1. The Morgan fingerprint density at radius 3 is 1.84 bits per heavy atom. The second-order valence-electron chi connectivity index (χ2n) is 8.52. The monoisotopic (exact) mass is 444 g/mol. The lowest BCUT2D eigenvalue weighted by atomic mass is 10.0. The van der Waals surface area contributed by atoms with Crippen LogP contribution in [0.25, 0.3) is 0 Å². The van der Waals surface area contributed by atoms with E-state index in [2.05, 4.69) is 20.8 Å². The van der Waals surface area contributed by atoms with Gasteiger partial charge in [-0.1, -0.05) is 85.0 Å². The SMILES string of the molecule is CCCCCCCCCCOC(=O)CCCOCCOCCOCC(CC)CCCC. The third-order valence-electron chi connectivity index (χ3n) is 5.57. The maximum Gasteiger partial charge on any atom is 0.305 e. The first kappa shape index (κ1) is 30.4. The first-order valence-corrected chi connectivity index (χ1v) is 13.1. The highest BCUT2D eigenvalue weighted by Gasteiger charge is 2.05. The van der Waals surface area contributed by atoms with Crippen LogP contribution < -0.4 is 0 Å². The molecule has 0 saturated carbocycles. The van der Waals surface area contributed by atoms with E-state index in [0.29, 0.717) is 58.4 Å². The van der Waals surface area contributed by atoms with Gasteiger partial charge in [0.15, 0.2) is 0 Å².